The SMILES string of the molecule is COC(=O)N1CCCN(C(=O)c2cc(Cl)c(OC)cc2C)CC1. The molecule has 23 heavy (non-hydrogen) atoms. The number of rotatable bonds is 2. The van der Waals surface area contributed by atoms with Gasteiger partial charge in [0.05, 0.1) is 19.2 Å². The van der Waals surface area contributed by atoms with E-state index in [1.807, 2.05) is 6.92 Å². The molecule has 1 aliphatic rings. The van der Waals surface area contributed by atoms with Crippen LogP contribution in [0.5, 0.6) is 5.75 Å². The third-order valence-corrected chi connectivity index (χ3v) is 4.24. The van der Waals surface area contributed by atoms with Gasteiger partial charge < -0.3 is 19.3 Å². The molecule has 0 unspecified atom stereocenters. The molecule has 126 valence electrons. The van der Waals surface area contributed by atoms with Crippen LogP contribution in [0.3, 0.4) is 0 Å². The molecule has 7 heteroatoms. The van der Waals surface area contributed by atoms with Gasteiger partial charge in [0, 0.05) is 31.7 Å². The molecule has 0 aromatic heterocycles. The van der Waals surface area contributed by atoms with Gasteiger partial charge in [0.25, 0.3) is 5.91 Å². The number of hydrogen-bond acceptors (Lipinski definition) is 4. The molecule has 0 aliphatic carbocycles. The van der Waals surface area contributed by atoms with Crippen LogP contribution in [0.25, 0.3) is 0 Å². The van der Waals surface area contributed by atoms with Gasteiger partial charge in [-0.3, -0.25) is 4.79 Å². The van der Waals surface area contributed by atoms with Gasteiger partial charge in [-0.25, -0.2) is 4.79 Å². The molecule has 2 rings (SSSR count). The molecule has 6 nitrogen and oxygen atoms in total. The highest BCUT2D eigenvalue weighted by Crippen LogP contribution is 2.28. The number of ether oxygens (including phenoxy) is 2. The Morgan fingerprint density at radius 3 is 2.39 bits per heavy atom. The minimum absolute atomic E-state index is 0.0845. The van der Waals surface area contributed by atoms with Crippen molar-refractivity contribution in [3.63, 3.8) is 0 Å². The Morgan fingerprint density at radius 1 is 1.09 bits per heavy atom. The summed E-state index contributed by atoms with van der Waals surface area (Å²) in [6.07, 6.45) is 0.354. The van der Waals surface area contributed by atoms with E-state index in [2.05, 4.69) is 0 Å². The summed E-state index contributed by atoms with van der Waals surface area (Å²) in [7, 11) is 2.90. The van der Waals surface area contributed by atoms with Crippen LogP contribution in [0.1, 0.15) is 22.3 Å². The normalized spacial score (nSPS) is 15.1. The molecular weight excluding hydrogens is 320 g/mol. The number of nitrogens with zero attached hydrogens (tertiary/aromatic N) is 2. The van der Waals surface area contributed by atoms with E-state index in [1.165, 1.54) is 7.11 Å². The first kappa shape index (κ1) is 17.4. The van der Waals surface area contributed by atoms with Crippen molar-refractivity contribution in [3.8, 4) is 5.75 Å². The summed E-state index contributed by atoms with van der Waals surface area (Å²) in [5.74, 6) is 0.465. The van der Waals surface area contributed by atoms with Crippen LogP contribution in [0, 0.1) is 6.92 Å². The summed E-state index contributed by atoms with van der Waals surface area (Å²) in [6, 6.07) is 3.40. The first-order valence-electron chi connectivity index (χ1n) is 7.44. The van der Waals surface area contributed by atoms with Crippen LogP contribution in [0.4, 0.5) is 4.79 Å². The maximum absolute atomic E-state index is 12.8. The Bertz CT molecular complexity index is 606. The zero-order valence-corrected chi connectivity index (χ0v) is 14.4. The molecule has 0 atom stereocenters. The van der Waals surface area contributed by atoms with E-state index in [-0.39, 0.29) is 12.0 Å². The van der Waals surface area contributed by atoms with E-state index < -0.39 is 0 Å². The molecular formula is C16H21ClN2O4. The predicted octanol–water partition coefficient (Wildman–Crippen LogP) is 2.57. The zero-order valence-electron chi connectivity index (χ0n) is 13.6. The van der Waals surface area contributed by atoms with Crippen LogP contribution < -0.4 is 4.74 Å². The second kappa shape index (κ2) is 7.55. The summed E-state index contributed by atoms with van der Waals surface area (Å²) in [5.41, 5.74) is 1.37. The molecule has 0 bridgehead atoms. The molecule has 1 fully saturated rings. The Balaban J connectivity index is 2.15. The summed E-state index contributed by atoms with van der Waals surface area (Å²) in [5, 5.41) is 0.410. The zero-order chi connectivity index (χ0) is 17.0. The van der Waals surface area contributed by atoms with Crippen molar-refractivity contribution in [2.24, 2.45) is 0 Å². The number of carbonyl (C=O) groups excluding carboxylic acids is 2. The van der Waals surface area contributed by atoms with Crippen molar-refractivity contribution in [2.75, 3.05) is 40.4 Å². The van der Waals surface area contributed by atoms with Crippen LogP contribution in [0.2, 0.25) is 5.02 Å². The number of aryl methyl sites for hydroxylation is 1. The minimum atomic E-state index is -0.358. The second-order valence-corrected chi connectivity index (χ2v) is 5.81. The highest BCUT2D eigenvalue weighted by Gasteiger charge is 2.24. The quantitative estimate of drug-likeness (QED) is 0.830. The predicted molar refractivity (Wildman–Crippen MR) is 87.2 cm³/mol. The standard InChI is InChI=1S/C16H21ClN2O4/c1-11-9-14(22-2)13(17)10-12(11)15(20)18-5-4-6-19(8-7-18)16(21)23-3/h9-10H,4-8H2,1-3H3. The fourth-order valence-electron chi connectivity index (χ4n) is 2.64. The minimum Gasteiger partial charge on any atom is -0.495 e. The number of amides is 2. The average molecular weight is 341 g/mol. The van der Waals surface area contributed by atoms with Crippen molar-refractivity contribution in [1.29, 1.82) is 0 Å². The Morgan fingerprint density at radius 2 is 1.74 bits per heavy atom. The summed E-state index contributed by atoms with van der Waals surface area (Å²) < 4.78 is 9.90. The van der Waals surface area contributed by atoms with Gasteiger partial charge in [0.1, 0.15) is 5.75 Å². The monoisotopic (exact) mass is 340 g/mol. The van der Waals surface area contributed by atoms with Gasteiger partial charge in [-0.15, -0.1) is 0 Å². The third-order valence-electron chi connectivity index (χ3n) is 3.95. The van der Waals surface area contributed by atoms with E-state index in [0.717, 1.165) is 5.56 Å². The first-order chi connectivity index (χ1) is 11.0. The van der Waals surface area contributed by atoms with Gasteiger partial charge in [-0.05, 0) is 31.0 Å². The fourth-order valence-corrected chi connectivity index (χ4v) is 2.89. The number of benzene rings is 1. The lowest BCUT2D eigenvalue weighted by Gasteiger charge is -2.22. The van der Waals surface area contributed by atoms with Gasteiger partial charge in [0.2, 0.25) is 0 Å². The van der Waals surface area contributed by atoms with Crippen molar-refractivity contribution in [1.82, 2.24) is 9.80 Å². The van der Waals surface area contributed by atoms with E-state index in [0.29, 0.717) is 48.9 Å². The van der Waals surface area contributed by atoms with E-state index in [9.17, 15) is 9.59 Å². The van der Waals surface area contributed by atoms with Gasteiger partial charge in [-0.1, -0.05) is 11.6 Å². The Hall–Kier alpha value is -1.95. The lowest BCUT2D eigenvalue weighted by Crippen LogP contribution is -2.37. The third kappa shape index (κ3) is 3.88. The molecule has 0 spiro atoms. The van der Waals surface area contributed by atoms with E-state index in [4.69, 9.17) is 21.1 Å². The summed E-state index contributed by atoms with van der Waals surface area (Å²) >= 11 is 6.14. The van der Waals surface area contributed by atoms with Gasteiger partial charge in [0.15, 0.2) is 0 Å². The van der Waals surface area contributed by atoms with Crippen molar-refractivity contribution in [2.45, 2.75) is 13.3 Å². The molecule has 1 saturated heterocycles. The topological polar surface area (TPSA) is 59.1 Å². The van der Waals surface area contributed by atoms with Crippen molar-refractivity contribution >= 4 is 23.6 Å². The van der Waals surface area contributed by atoms with Crippen molar-refractivity contribution in [3.05, 3.63) is 28.3 Å². The smallest absolute Gasteiger partial charge is 0.409 e. The number of halogens is 1. The van der Waals surface area contributed by atoms with E-state index in [1.54, 1.807) is 29.0 Å². The van der Waals surface area contributed by atoms with Crippen molar-refractivity contribution < 1.29 is 19.1 Å². The number of methoxy groups -OCH3 is 2. The van der Waals surface area contributed by atoms with Crippen LogP contribution in [-0.2, 0) is 4.74 Å². The molecule has 2 amide bonds. The van der Waals surface area contributed by atoms with E-state index >= 15 is 0 Å². The van der Waals surface area contributed by atoms with Crippen LogP contribution in [0.15, 0.2) is 12.1 Å². The maximum Gasteiger partial charge on any atom is 0.409 e. The Kier molecular flexibility index (Phi) is 5.71. The first-order valence-corrected chi connectivity index (χ1v) is 7.82. The number of carbonyl (C=O) groups is 2. The molecule has 0 saturated carbocycles. The summed E-state index contributed by atoms with van der Waals surface area (Å²) in [6.45, 7) is 3.96. The maximum atomic E-state index is 12.8. The fraction of sp³-hybridized carbons (Fsp3) is 0.500. The molecule has 1 aliphatic heterocycles. The largest absolute Gasteiger partial charge is 0.495 e. The molecule has 0 radical (unpaired) electrons. The molecule has 1 aromatic carbocycles. The molecule has 1 aromatic rings. The second-order valence-electron chi connectivity index (χ2n) is 5.40. The average Bonchev–Trinajstić information content (AvgIpc) is 2.81. The molecule has 1 heterocycles. The van der Waals surface area contributed by atoms with Gasteiger partial charge in [-0.2, -0.15) is 0 Å². The molecule has 0 N–H and O–H groups in total. The lowest BCUT2D eigenvalue weighted by atomic mass is 10.1. The number of hydrogen-bond donors (Lipinski definition) is 0. The highest BCUT2D eigenvalue weighted by atomic mass is 35.5. The van der Waals surface area contributed by atoms with Crippen LogP contribution >= 0.6 is 11.6 Å². The van der Waals surface area contributed by atoms with Crippen LogP contribution in [-0.4, -0.2) is 62.2 Å². The van der Waals surface area contributed by atoms with Gasteiger partial charge >= 0.3 is 6.09 Å². The highest BCUT2D eigenvalue weighted by molar-refractivity contribution is 6.32. The Labute approximate surface area is 140 Å². The lowest BCUT2D eigenvalue weighted by molar-refractivity contribution is 0.0756. The summed E-state index contributed by atoms with van der Waals surface area (Å²) in [4.78, 5) is 27.7.